The van der Waals surface area contributed by atoms with Crippen molar-refractivity contribution in [2.45, 2.75) is 38.0 Å². The summed E-state index contributed by atoms with van der Waals surface area (Å²) in [5, 5.41) is 2.91. The van der Waals surface area contributed by atoms with Crippen LogP contribution in [0.15, 0.2) is 0 Å². The molecule has 1 rings (SSSR count). The van der Waals surface area contributed by atoms with Gasteiger partial charge in [-0.05, 0) is 31.7 Å². The average Bonchev–Trinajstić information content (AvgIpc) is 2.24. The predicted molar refractivity (Wildman–Crippen MR) is 69.9 cm³/mol. The fourth-order valence-electron chi connectivity index (χ4n) is 3.05. The van der Waals surface area contributed by atoms with Gasteiger partial charge in [0.2, 0.25) is 0 Å². The highest BCUT2D eigenvalue weighted by molar-refractivity contribution is 7.92. The van der Waals surface area contributed by atoms with Crippen molar-refractivity contribution >= 4 is 9.84 Å². The van der Waals surface area contributed by atoms with Crippen molar-refractivity contribution in [2.75, 3.05) is 26.5 Å². The van der Waals surface area contributed by atoms with Crippen LogP contribution in [0.25, 0.3) is 0 Å². The lowest BCUT2D eigenvalue weighted by atomic mass is 9.80. The fraction of sp³-hybridized carbons (Fsp3) is 1.00. The molecule has 0 aromatic rings. The van der Waals surface area contributed by atoms with Gasteiger partial charge >= 0.3 is 0 Å². The Balaban J connectivity index is 2.84. The lowest BCUT2D eigenvalue weighted by Crippen LogP contribution is -2.51. The molecule has 1 aliphatic carbocycles. The molecule has 1 fully saturated rings. The van der Waals surface area contributed by atoms with Gasteiger partial charge < -0.3 is 10.1 Å². The van der Waals surface area contributed by atoms with Crippen LogP contribution in [0.3, 0.4) is 0 Å². The van der Waals surface area contributed by atoms with Crippen LogP contribution in [0.5, 0.6) is 0 Å². The van der Waals surface area contributed by atoms with E-state index in [1.165, 1.54) is 7.11 Å². The number of hydrogen-bond acceptors (Lipinski definition) is 4. The maximum atomic E-state index is 12.3. The van der Waals surface area contributed by atoms with Crippen molar-refractivity contribution in [1.82, 2.24) is 5.32 Å². The van der Waals surface area contributed by atoms with Gasteiger partial charge in [0.25, 0.3) is 0 Å². The number of nitrogens with one attached hydrogen (secondary N) is 1. The van der Waals surface area contributed by atoms with Crippen LogP contribution in [0.1, 0.15) is 26.7 Å². The van der Waals surface area contributed by atoms with Crippen LogP contribution in [0, 0.1) is 11.8 Å². The number of sulfone groups is 1. The first-order valence-electron chi connectivity index (χ1n) is 6.30. The first-order chi connectivity index (χ1) is 7.92. The van der Waals surface area contributed by atoms with E-state index in [2.05, 4.69) is 19.2 Å². The summed E-state index contributed by atoms with van der Waals surface area (Å²) < 4.78 is 29.5. The number of methoxy groups -OCH3 is 1. The second kappa shape index (κ2) is 6.16. The molecule has 0 saturated heterocycles. The SMILES string of the molecule is CNC1CC(C)CC(C)C1S(=O)(=O)CCOC. The zero-order chi connectivity index (χ0) is 13.1. The molecular formula is C12H25NO3S. The summed E-state index contributed by atoms with van der Waals surface area (Å²) in [5.41, 5.74) is 0. The minimum Gasteiger partial charge on any atom is -0.384 e. The van der Waals surface area contributed by atoms with E-state index in [1.807, 2.05) is 7.05 Å². The molecule has 0 aromatic carbocycles. The largest absolute Gasteiger partial charge is 0.384 e. The number of rotatable bonds is 5. The predicted octanol–water partition coefficient (Wildman–Crippen LogP) is 1.07. The molecular weight excluding hydrogens is 238 g/mol. The quantitative estimate of drug-likeness (QED) is 0.806. The molecule has 0 heterocycles. The Morgan fingerprint density at radius 3 is 2.47 bits per heavy atom. The van der Waals surface area contributed by atoms with Crippen molar-refractivity contribution < 1.29 is 13.2 Å². The van der Waals surface area contributed by atoms with E-state index in [0.29, 0.717) is 5.92 Å². The topological polar surface area (TPSA) is 55.4 Å². The highest BCUT2D eigenvalue weighted by Gasteiger charge is 2.41. The molecule has 0 spiro atoms. The summed E-state index contributed by atoms with van der Waals surface area (Å²) in [4.78, 5) is 0. The van der Waals surface area contributed by atoms with Gasteiger partial charge in [-0.3, -0.25) is 0 Å². The van der Waals surface area contributed by atoms with Gasteiger partial charge in [-0.15, -0.1) is 0 Å². The van der Waals surface area contributed by atoms with Crippen molar-refractivity contribution in [3.8, 4) is 0 Å². The average molecular weight is 263 g/mol. The zero-order valence-electron chi connectivity index (χ0n) is 11.3. The highest BCUT2D eigenvalue weighted by Crippen LogP contribution is 2.33. The first kappa shape index (κ1) is 14.9. The second-order valence-electron chi connectivity index (χ2n) is 5.27. The molecule has 17 heavy (non-hydrogen) atoms. The van der Waals surface area contributed by atoms with Gasteiger partial charge in [0.1, 0.15) is 0 Å². The zero-order valence-corrected chi connectivity index (χ0v) is 12.1. The standard InChI is InChI=1S/C12H25NO3S/c1-9-7-10(2)12(11(8-9)13-3)17(14,15)6-5-16-4/h9-13H,5-8H2,1-4H3. The molecule has 1 N–H and O–H groups in total. The Kier molecular flexibility index (Phi) is 5.41. The Hall–Kier alpha value is -0.130. The second-order valence-corrected chi connectivity index (χ2v) is 7.55. The first-order valence-corrected chi connectivity index (χ1v) is 8.01. The summed E-state index contributed by atoms with van der Waals surface area (Å²) in [6.45, 7) is 4.53. The van der Waals surface area contributed by atoms with Crippen LogP contribution < -0.4 is 5.32 Å². The van der Waals surface area contributed by atoms with Gasteiger partial charge in [-0.1, -0.05) is 13.8 Å². The van der Waals surface area contributed by atoms with E-state index in [1.54, 1.807) is 0 Å². The van der Waals surface area contributed by atoms with Crippen molar-refractivity contribution in [1.29, 1.82) is 0 Å². The van der Waals surface area contributed by atoms with Crippen LogP contribution in [0.4, 0.5) is 0 Å². The summed E-state index contributed by atoms with van der Waals surface area (Å²) >= 11 is 0. The third-order valence-corrected chi connectivity index (χ3v) is 6.10. The Labute approximate surface area is 105 Å². The van der Waals surface area contributed by atoms with E-state index in [4.69, 9.17) is 4.74 Å². The molecule has 0 bridgehead atoms. The lowest BCUT2D eigenvalue weighted by molar-refractivity contribution is 0.214. The van der Waals surface area contributed by atoms with Gasteiger partial charge in [0.05, 0.1) is 17.6 Å². The molecule has 0 aromatic heterocycles. The van der Waals surface area contributed by atoms with Crippen LogP contribution in [0.2, 0.25) is 0 Å². The molecule has 4 nitrogen and oxygen atoms in total. The number of hydrogen-bond donors (Lipinski definition) is 1. The summed E-state index contributed by atoms with van der Waals surface area (Å²) in [5.74, 6) is 0.944. The van der Waals surface area contributed by atoms with Crippen molar-refractivity contribution in [3.63, 3.8) is 0 Å². The molecule has 1 saturated carbocycles. The third kappa shape index (κ3) is 3.66. The van der Waals surface area contributed by atoms with Gasteiger partial charge in [-0.2, -0.15) is 0 Å². The van der Waals surface area contributed by atoms with E-state index in [9.17, 15) is 8.42 Å². The summed E-state index contributed by atoms with van der Waals surface area (Å²) in [6, 6.07) is 0.0793. The summed E-state index contributed by atoms with van der Waals surface area (Å²) in [7, 11) is 0.328. The Morgan fingerprint density at radius 2 is 1.94 bits per heavy atom. The molecule has 4 atom stereocenters. The minimum absolute atomic E-state index is 0.0793. The minimum atomic E-state index is -3.07. The monoisotopic (exact) mass is 263 g/mol. The molecule has 5 heteroatoms. The van der Waals surface area contributed by atoms with Gasteiger partial charge in [-0.25, -0.2) is 8.42 Å². The molecule has 0 aliphatic heterocycles. The van der Waals surface area contributed by atoms with E-state index < -0.39 is 9.84 Å². The van der Waals surface area contributed by atoms with E-state index in [-0.39, 0.29) is 29.6 Å². The van der Waals surface area contributed by atoms with Crippen LogP contribution in [-0.2, 0) is 14.6 Å². The number of ether oxygens (including phenoxy) is 1. The van der Waals surface area contributed by atoms with Crippen molar-refractivity contribution in [3.05, 3.63) is 0 Å². The van der Waals surface area contributed by atoms with Crippen LogP contribution >= 0.6 is 0 Å². The molecule has 0 amide bonds. The highest BCUT2D eigenvalue weighted by atomic mass is 32.2. The molecule has 0 radical (unpaired) electrons. The lowest BCUT2D eigenvalue weighted by Gasteiger charge is -2.39. The van der Waals surface area contributed by atoms with E-state index in [0.717, 1.165) is 12.8 Å². The maximum absolute atomic E-state index is 12.3. The van der Waals surface area contributed by atoms with Crippen LogP contribution in [-0.4, -0.2) is 46.2 Å². The summed E-state index contributed by atoms with van der Waals surface area (Å²) in [6.07, 6.45) is 1.94. The molecule has 1 aliphatic rings. The van der Waals surface area contributed by atoms with Gasteiger partial charge in [0.15, 0.2) is 9.84 Å². The van der Waals surface area contributed by atoms with Crippen molar-refractivity contribution in [2.24, 2.45) is 11.8 Å². The Bertz CT molecular complexity index is 329. The molecule has 4 unspecified atom stereocenters. The Morgan fingerprint density at radius 1 is 1.29 bits per heavy atom. The third-order valence-electron chi connectivity index (χ3n) is 3.75. The molecule has 102 valence electrons. The smallest absolute Gasteiger partial charge is 0.157 e. The van der Waals surface area contributed by atoms with E-state index >= 15 is 0 Å². The maximum Gasteiger partial charge on any atom is 0.157 e. The normalized spacial score (nSPS) is 34.8. The van der Waals surface area contributed by atoms with Gasteiger partial charge in [0, 0.05) is 13.2 Å². The fourth-order valence-corrected chi connectivity index (χ4v) is 5.29.